The van der Waals surface area contributed by atoms with Gasteiger partial charge in [0.15, 0.2) is 0 Å². The first kappa shape index (κ1) is 12.9. The molecule has 0 unspecified atom stereocenters. The van der Waals surface area contributed by atoms with Crippen molar-refractivity contribution in [3.8, 4) is 0 Å². The summed E-state index contributed by atoms with van der Waals surface area (Å²) in [5.41, 5.74) is 0. The van der Waals surface area contributed by atoms with E-state index in [9.17, 15) is 9.59 Å². The van der Waals surface area contributed by atoms with E-state index in [2.05, 4.69) is 0 Å². The van der Waals surface area contributed by atoms with Crippen LogP contribution in [0.4, 0.5) is 0 Å². The Morgan fingerprint density at radius 3 is 1.93 bits per heavy atom. The number of amides is 2. The maximum atomic E-state index is 11.1. The van der Waals surface area contributed by atoms with Gasteiger partial charge in [-0.25, -0.2) is 0 Å². The second-order valence-electron chi connectivity index (χ2n) is 3.45. The summed E-state index contributed by atoms with van der Waals surface area (Å²) in [6, 6.07) is 0. The summed E-state index contributed by atoms with van der Waals surface area (Å²) in [7, 11) is 1.74. The summed E-state index contributed by atoms with van der Waals surface area (Å²) in [4.78, 5) is 25.4. The molecule has 0 radical (unpaired) electrons. The minimum atomic E-state index is 0.0324. The summed E-state index contributed by atoms with van der Waals surface area (Å²) in [6.45, 7) is 7.11. The van der Waals surface area contributed by atoms with E-state index in [-0.39, 0.29) is 11.8 Å². The maximum absolute atomic E-state index is 11.1. The van der Waals surface area contributed by atoms with Crippen molar-refractivity contribution in [1.29, 1.82) is 0 Å². The second kappa shape index (κ2) is 6.40. The predicted octanol–water partition coefficient (Wildman–Crippen LogP) is 0.723. The average Bonchev–Trinajstić information content (AvgIpc) is 2.10. The number of hydrogen-bond acceptors (Lipinski definition) is 2. The highest BCUT2D eigenvalue weighted by Crippen LogP contribution is 1.94. The highest BCUT2D eigenvalue weighted by molar-refractivity contribution is 5.74. The molecule has 0 aliphatic rings. The van der Waals surface area contributed by atoms with Gasteiger partial charge in [-0.05, 0) is 6.42 Å². The van der Waals surface area contributed by atoms with Crippen molar-refractivity contribution < 1.29 is 9.59 Å². The van der Waals surface area contributed by atoms with E-state index in [0.717, 1.165) is 13.0 Å². The van der Waals surface area contributed by atoms with Crippen molar-refractivity contribution in [3.05, 3.63) is 0 Å². The molecular weight excluding hydrogens is 180 g/mol. The lowest BCUT2D eigenvalue weighted by atomic mass is 10.3. The Bertz CT molecular complexity index is 204. The Morgan fingerprint density at radius 2 is 1.57 bits per heavy atom. The van der Waals surface area contributed by atoms with Crippen molar-refractivity contribution in [1.82, 2.24) is 9.80 Å². The van der Waals surface area contributed by atoms with Crippen LogP contribution in [0.1, 0.15) is 27.2 Å². The van der Waals surface area contributed by atoms with Crippen LogP contribution in [0.3, 0.4) is 0 Å². The smallest absolute Gasteiger partial charge is 0.219 e. The molecule has 0 aromatic rings. The van der Waals surface area contributed by atoms with Crippen LogP contribution >= 0.6 is 0 Å². The van der Waals surface area contributed by atoms with Gasteiger partial charge in [0.1, 0.15) is 0 Å². The second-order valence-corrected chi connectivity index (χ2v) is 3.45. The minimum absolute atomic E-state index is 0.0324. The molecule has 0 saturated carbocycles. The van der Waals surface area contributed by atoms with Crippen LogP contribution in [-0.4, -0.2) is 48.3 Å². The monoisotopic (exact) mass is 200 g/mol. The van der Waals surface area contributed by atoms with Gasteiger partial charge in [-0.1, -0.05) is 6.92 Å². The molecule has 0 aromatic carbocycles. The molecule has 14 heavy (non-hydrogen) atoms. The first-order valence-corrected chi connectivity index (χ1v) is 4.96. The lowest BCUT2D eigenvalue weighted by Gasteiger charge is -2.23. The Hall–Kier alpha value is -1.06. The van der Waals surface area contributed by atoms with Crippen LogP contribution in [0, 0.1) is 0 Å². The van der Waals surface area contributed by atoms with Crippen LogP contribution in [0.5, 0.6) is 0 Å². The largest absolute Gasteiger partial charge is 0.344 e. The van der Waals surface area contributed by atoms with Crippen LogP contribution in [-0.2, 0) is 9.59 Å². The predicted molar refractivity (Wildman–Crippen MR) is 55.9 cm³/mol. The Balaban J connectivity index is 3.93. The van der Waals surface area contributed by atoms with Gasteiger partial charge in [0.25, 0.3) is 0 Å². The quantitative estimate of drug-likeness (QED) is 0.656. The molecule has 0 bridgehead atoms. The molecule has 0 atom stereocenters. The fourth-order valence-electron chi connectivity index (χ4n) is 1.12. The molecule has 0 N–H and O–H groups in total. The summed E-state index contributed by atoms with van der Waals surface area (Å²) in [5, 5.41) is 0. The van der Waals surface area contributed by atoms with Crippen LogP contribution in [0.25, 0.3) is 0 Å². The number of carbonyl (C=O) groups excluding carboxylic acids is 2. The lowest BCUT2D eigenvalue weighted by Crippen LogP contribution is -2.38. The Labute approximate surface area is 85.9 Å². The summed E-state index contributed by atoms with van der Waals surface area (Å²) < 4.78 is 0. The third kappa shape index (κ3) is 4.84. The topological polar surface area (TPSA) is 40.6 Å². The Kier molecular flexibility index (Phi) is 5.92. The average molecular weight is 200 g/mol. The number of carbonyl (C=O) groups is 2. The van der Waals surface area contributed by atoms with E-state index in [0.29, 0.717) is 13.1 Å². The van der Waals surface area contributed by atoms with Gasteiger partial charge >= 0.3 is 0 Å². The molecule has 0 spiro atoms. The van der Waals surface area contributed by atoms with Crippen molar-refractivity contribution in [2.24, 2.45) is 0 Å². The zero-order valence-corrected chi connectivity index (χ0v) is 9.54. The molecule has 0 saturated heterocycles. The molecule has 0 heterocycles. The van der Waals surface area contributed by atoms with Crippen molar-refractivity contribution >= 4 is 11.8 Å². The fourth-order valence-corrected chi connectivity index (χ4v) is 1.12. The molecule has 82 valence electrons. The zero-order valence-electron chi connectivity index (χ0n) is 9.54. The normalized spacial score (nSPS) is 9.71. The van der Waals surface area contributed by atoms with E-state index in [1.54, 1.807) is 23.8 Å². The zero-order chi connectivity index (χ0) is 11.1. The van der Waals surface area contributed by atoms with Crippen molar-refractivity contribution in [2.45, 2.75) is 27.2 Å². The number of rotatable bonds is 5. The molecule has 4 nitrogen and oxygen atoms in total. The SMILES string of the molecule is CCCN(CCN(C)C(C)=O)C(C)=O. The highest BCUT2D eigenvalue weighted by atomic mass is 16.2. The number of hydrogen-bond donors (Lipinski definition) is 0. The molecule has 0 aliphatic carbocycles. The third-order valence-corrected chi connectivity index (χ3v) is 2.18. The van der Waals surface area contributed by atoms with E-state index in [1.165, 1.54) is 6.92 Å². The molecule has 4 heteroatoms. The molecule has 0 rings (SSSR count). The molecule has 0 fully saturated rings. The highest BCUT2D eigenvalue weighted by Gasteiger charge is 2.09. The van der Waals surface area contributed by atoms with Crippen LogP contribution in [0.2, 0.25) is 0 Å². The summed E-state index contributed by atoms with van der Waals surface area (Å²) >= 11 is 0. The maximum Gasteiger partial charge on any atom is 0.219 e. The van der Waals surface area contributed by atoms with E-state index in [1.807, 2.05) is 6.92 Å². The van der Waals surface area contributed by atoms with E-state index in [4.69, 9.17) is 0 Å². The summed E-state index contributed by atoms with van der Waals surface area (Å²) in [6.07, 6.45) is 0.948. The minimum Gasteiger partial charge on any atom is -0.344 e. The van der Waals surface area contributed by atoms with E-state index < -0.39 is 0 Å². The van der Waals surface area contributed by atoms with Crippen LogP contribution in [0.15, 0.2) is 0 Å². The van der Waals surface area contributed by atoms with Gasteiger partial charge < -0.3 is 9.80 Å². The molecule has 2 amide bonds. The number of likely N-dealkylation sites (N-methyl/N-ethyl adjacent to an activating group) is 1. The van der Waals surface area contributed by atoms with Crippen molar-refractivity contribution in [3.63, 3.8) is 0 Å². The Morgan fingerprint density at radius 1 is 1.00 bits per heavy atom. The number of nitrogens with zero attached hydrogens (tertiary/aromatic N) is 2. The van der Waals surface area contributed by atoms with Gasteiger partial charge in [-0.3, -0.25) is 9.59 Å². The summed E-state index contributed by atoms with van der Waals surface area (Å²) in [5.74, 6) is 0.105. The van der Waals surface area contributed by atoms with E-state index >= 15 is 0 Å². The van der Waals surface area contributed by atoms with Gasteiger partial charge in [0.2, 0.25) is 11.8 Å². The van der Waals surface area contributed by atoms with Crippen LogP contribution < -0.4 is 0 Å². The fraction of sp³-hybridized carbons (Fsp3) is 0.800. The first-order valence-electron chi connectivity index (χ1n) is 4.96. The van der Waals surface area contributed by atoms with Crippen molar-refractivity contribution in [2.75, 3.05) is 26.7 Å². The third-order valence-electron chi connectivity index (χ3n) is 2.18. The molecular formula is C10H20N2O2. The van der Waals surface area contributed by atoms with Gasteiger partial charge in [0, 0.05) is 40.5 Å². The van der Waals surface area contributed by atoms with Gasteiger partial charge in [-0.15, -0.1) is 0 Å². The first-order chi connectivity index (χ1) is 6.49. The van der Waals surface area contributed by atoms with Gasteiger partial charge in [0.05, 0.1) is 0 Å². The molecule has 0 aliphatic heterocycles. The van der Waals surface area contributed by atoms with Gasteiger partial charge in [-0.2, -0.15) is 0 Å². The molecule has 0 aromatic heterocycles. The standard InChI is InChI=1S/C10H20N2O2/c1-5-6-12(10(3)14)8-7-11(4)9(2)13/h5-8H2,1-4H3. The lowest BCUT2D eigenvalue weighted by molar-refractivity contribution is -0.132.